The molecule has 0 amide bonds. The molecule has 0 saturated heterocycles. The molecule has 2 N–H and O–H groups in total. The molecule has 0 saturated carbocycles. The second-order valence-electron chi connectivity index (χ2n) is 12.1. The number of benzene rings is 2. The predicted molar refractivity (Wildman–Crippen MR) is 180 cm³/mol. The summed E-state index contributed by atoms with van der Waals surface area (Å²) >= 11 is 0. The summed E-state index contributed by atoms with van der Waals surface area (Å²) in [5.74, 6) is -0.966. The van der Waals surface area contributed by atoms with Gasteiger partial charge in [-0.05, 0) is 67.7 Å². The average Bonchev–Trinajstić information content (AvgIpc) is 3.49. The number of rotatable bonds is 7. The molecule has 2 aromatic carbocycles. The maximum absolute atomic E-state index is 16.1. The largest absolute Gasteiger partial charge is 0.455 e. The number of ether oxygens (including phenoxy) is 1. The second kappa shape index (κ2) is 11.7. The van der Waals surface area contributed by atoms with Crippen LogP contribution >= 0.6 is 0 Å². The summed E-state index contributed by atoms with van der Waals surface area (Å²) in [7, 11) is -2.88. The first kappa shape index (κ1) is 32.0. The van der Waals surface area contributed by atoms with Crippen molar-refractivity contribution >= 4 is 26.5 Å². The third kappa shape index (κ3) is 5.06. The Morgan fingerprint density at radius 3 is 2.45 bits per heavy atom. The molecule has 0 bridgehead atoms. The lowest BCUT2D eigenvalue weighted by Crippen LogP contribution is -2.47. The minimum Gasteiger partial charge on any atom is -0.455 e. The zero-order valence-corrected chi connectivity index (χ0v) is 27.4. The fourth-order valence-corrected chi connectivity index (χ4v) is 8.39. The van der Waals surface area contributed by atoms with Gasteiger partial charge in [0.15, 0.2) is 5.75 Å². The highest BCUT2D eigenvalue weighted by atomic mass is 32.2. The van der Waals surface area contributed by atoms with Gasteiger partial charge in [0.05, 0.1) is 12.8 Å². The van der Waals surface area contributed by atoms with E-state index in [1.165, 1.54) is 48.1 Å². The van der Waals surface area contributed by atoms with E-state index >= 15 is 4.39 Å². The van der Waals surface area contributed by atoms with Crippen LogP contribution in [0.25, 0.3) is 16.5 Å². The zero-order valence-electron chi connectivity index (χ0n) is 26.5. The number of allylic oxidation sites excluding steroid dienone is 3. The van der Waals surface area contributed by atoms with E-state index in [1.54, 1.807) is 44.5 Å². The van der Waals surface area contributed by atoms with Crippen LogP contribution in [-0.2, 0) is 23.7 Å². The smallest absolute Gasteiger partial charge is 0.273 e. The van der Waals surface area contributed by atoms with Gasteiger partial charge >= 0.3 is 0 Å². The molecular formula is C36H34FN3O6S. The Kier molecular flexibility index (Phi) is 7.93. The van der Waals surface area contributed by atoms with E-state index < -0.39 is 38.7 Å². The van der Waals surface area contributed by atoms with E-state index in [-0.39, 0.29) is 22.2 Å². The number of nitrogens with zero attached hydrogens (tertiary/aromatic N) is 2. The third-order valence-electron chi connectivity index (χ3n) is 9.20. The first-order chi connectivity index (χ1) is 22.3. The number of pyridine rings is 2. The van der Waals surface area contributed by atoms with E-state index in [2.05, 4.69) is 4.98 Å². The Morgan fingerprint density at radius 2 is 1.74 bits per heavy atom. The molecule has 0 spiro atoms. The number of aromatic nitrogens is 3. The van der Waals surface area contributed by atoms with Crippen molar-refractivity contribution in [2.75, 3.05) is 0 Å². The predicted octanol–water partition coefficient (Wildman–Crippen LogP) is 5.83. The van der Waals surface area contributed by atoms with E-state index in [0.717, 1.165) is 15.1 Å². The van der Waals surface area contributed by atoms with E-state index in [9.17, 15) is 23.1 Å². The van der Waals surface area contributed by atoms with Crippen LogP contribution in [0.1, 0.15) is 47.6 Å². The molecule has 2 atom stereocenters. The first-order valence-corrected chi connectivity index (χ1v) is 16.4. The van der Waals surface area contributed by atoms with Gasteiger partial charge < -0.3 is 19.4 Å². The molecule has 2 unspecified atom stereocenters. The van der Waals surface area contributed by atoms with E-state index in [0.29, 0.717) is 33.6 Å². The molecule has 47 heavy (non-hydrogen) atoms. The average molecular weight is 656 g/mol. The molecule has 3 heterocycles. The molecule has 1 aliphatic carbocycles. The van der Waals surface area contributed by atoms with Crippen LogP contribution in [-0.4, -0.2) is 31.8 Å². The van der Waals surface area contributed by atoms with Crippen LogP contribution in [0, 0.1) is 19.7 Å². The fourth-order valence-electron chi connectivity index (χ4n) is 6.35. The zero-order chi connectivity index (χ0) is 33.8. The number of aromatic amines is 1. The van der Waals surface area contributed by atoms with Crippen LogP contribution in [0.4, 0.5) is 4.39 Å². The molecule has 11 heteroatoms. The Labute approximate surface area is 271 Å². The third-order valence-corrected chi connectivity index (χ3v) is 11.7. The Morgan fingerprint density at radius 1 is 1.04 bits per heavy atom. The topological polar surface area (TPSA) is 123 Å². The van der Waals surface area contributed by atoms with Crippen molar-refractivity contribution in [2.45, 2.75) is 45.0 Å². The Hall–Kier alpha value is -5.00. The molecule has 5 aromatic rings. The second-order valence-corrected chi connectivity index (χ2v) is 14.3. The molecule has 242 valence electrons. The standard InChI is InChI=1S/C36H34FN3O6S/c1-21-8-6-9-22(2)34(21)46-30-19-39(5)31(42)18-28(30)26-16-23(3)36(4,29(17-26)27-11-7-10-25(20-41)32(27)37)47(44,45)40-15-13-24-12-14-38-35(43)33(24)40/h6-19,29,41H,20H2,1-5H3,(H,38,43). The van der Waals surface area contributed by atoms with Gasteiger partial charge in [-0.1, -0.05) is 48.6 Å². The van der Waals surface area contributed by atoms with Crippen molar-refractivity contribution < 1.29 is 22.7 Å². The van der Waals surface area contributed by atoms with Crippen molar-refractivity contribution in [1.29, 1.82) is 0 Å². The highest BCUT2D eigenvalue weighted by Crippen LogP contribution is 2.49. The molecule has 1 aliphatic rings. The number of aliphatic hydroxyl groups is 1. The molecule has 6 rings (SSSR count). The summed E-state index contributed by atoms with van der Waals surface area (Å²) in [6.07, 6.45) is 7.60. The fraction of sp³-hybridized carbons (Fsp3) is 0.222. The molecule has 0 aliphatic heterocycles. The van der Waals surface area contributed by atoms with E-state index in [4.69, 9.17) is 4.74 Å². The number of aryl methyl sites for hydroxylation is 3. The maximum Gasteiger partial charge on any atom is 0.273 e. The molecule has 0 fully saturated rings. The normalized spacial score (nSPS) is 18.2. The highest BCUT2D eigenvalue weighted by Gasteiger charge is 2.51. The van der Waals surface area contributed by atoms with Crippen molar-refractivity contribution in [3.05, 3.63) is 145 Å². The van der Waals surface area contributed by atoms with Crippen LogP contribution in [0.5, 0.6) is 11.5 Å². The van der Waals surface area contributed by atoms with Gasteiger partial charge in [0.2, 0.25) is 10.0 Å². The van der Waals surface area contributed by atoms with Crippen LogP contribution in [0.15, 0.2) is 101 Å². The molecular weight excluding hydrogens is 621 g/mol. The molecule has 3 aromatic heterocycles. The van der Waals surface area contributed by atoms with Gasteiger partial charge in [0.1, 0.15) is 21.8 Å². The summed E-state index contributed by atoms with van der Waals surface area (Å²) < 4.78 is 52.7. The number of halogens is 1. The van der Waals surface area contributed by atoms with Crippen LogP contribution in [0.3, 0.4) is 0 Å². The Bertz CT molecular complexity index is 2350. The minimum atomic E-state index is -4.48. The number of aliphatic hydroxyl groups excluding tert-OH is 1. The number of para-hydroxylation sites is 1. The monoisotopic (exact) mass is 655 g/mol. The van der Waals surface area contributed by atoms with Gasteiger partial charge in [-0.2, -0.15) is 0 Å². The lowest BCUT2D eigenvalue weighted by molar-refractivity contribution is 0.275. The summed E-state index contributed by atoms with van der Waals surface area (Å²) in [5.41, 5.74) is 1.97. The highest BCUT2D eigenvalue weighted by molar-refractivity contribution is 7.91. The van der Waals surface area contributed by atoms with Crippen LogP contribution in [0.2, 0.25) is 0 Å². The van der Waals surface area contributed by atoms with Gasteiger partial charge in [0.25, 0.3) is 11.1 Å². The number of fused-ring (bicyclic) bond motifs is 1. The van der Waals surface area contributed by atoms with Crippen molar-refractivity contribution in [3.63, 3.8) is 0 Å². The summed E-state index contributed by atoms with van der Waals surface area (Å²) in [5, 5.41) is 10.3. The minimum absolute atomic E-state index is 0.0000989. The molecule has 0 radical (unpaired) electrons. The summed E-state index contributed by atoms with van der Waals surface area (Å²) in [6.45, 7) is 6.36. The van der Waals surface area contributed by atoms with Crippen molar-refractivity contribution in [3.8, 4) is 11.5 Å². The van der Waals surface area contributed by atoms with E-state index in [1.807, 2.05) is 32.0 Å². The van der Waals surface area contributed by atoms with Gasteiger partial charge in [0, 0.05) is 47.9 Å². The maximum atomic E-state index is 16.1. The Balaban J connectivity index is 1.62. The number of hydrogen-bond donors (Lipinski definition) is 2. The van der Waals surface area contributed by atoms with Gasteiger partial charge in [-0.3, -0.25) is 9.59 Å². The van der Waals surface area contributed by atoms with Crippen molar-refractivity contribution in [1.82, 2.24) is 13.5 Å². The number of nitrogens with one attached hydrogen (secondary N) is 1. The quantitative estimate of drug-likeness (QED) is 0.227. The van der Waals surface area contributed by atoms with Gasteiger partial charge in [-0.15, -0.1) is 0 Å². The number of hydrogen-bond acceptors (Lipinski definition) is 6. The number of H-pyrrole nitrogens is 1. The SMILES string of the molecule is CC1=CC(c2cc(=O)n(C)cc2Oc2c(C)cccc2C)=CC(c2cccc(CO)c2F)C1(C)S(=O)(=O)n1ccc2cc[nH]c(=O)c21. The molecule has 9 nitrogen and oxygen atoms in total. The summed E-state index contributed by atoms with van der Waals surface area (Å²) in [6, 6.07) is 14.7. The first-order valence-electron chi connectivity index (χ1n) is 15.0. The summed E-state index contributed by atoms with van der Waals surface area (Å²) in [4.78, 5) is 28.5. The van der Waals surface area contributed by atoms with Crippen molar-refractivity contribution in [2.24, 2.45) is 7.05 Å². The van der Waals surface area contributed by atoms with Gasteiger partial charge in [-0.25, -0.2) is 16.8 Å². The lowest BCUT2D eigenvalue weighted by Gasteiger charge is -2.40. The lowest BCUT2D eigenvalue weighted by atomic mass is 9.75. The van der Waals surface area contributed by atoms with Crippen LogP contribution < -0.4 is 15.9 Å².